The summed E-state index contributed by atoms with van der Waals surface area (Å²) in [6, 6.07) is -0.932. The first-order valence-corrected chi connectivity index (χ1v) is 7.89. The van der Waals surface area contributed by atoms with E-state index in [1.807, 2.05) is 0 Å². The van der Waals surface area contributed by atoms with Crippen LogP contribution < -0.4 is 16.8 Å². The van der Waals surface area contributed by atoms with Crippen molar-refractivity contribution in [2.75, 3.05) is 18.8 Å². The number of nitrogens with zero attached hydrogens (tertiary/aromatic N) is 1. The maximum absolute atomic E-state index is 12.1. The molecule has 0 radical (unpaired) electrons. The van der Waals surface area contributed by atoms with E-state index >= 15 is 0 Å². The number of hydrogen-bond acceptors (Lipinski definition) is 7. The summed E-state index contributed by atoms with van der Waals surface area (Å²) in [7, 11) is 0. The number of aliphatic carboxylic acids is 1. The Morgan fingerprint density at radius 1 is 1.14 bits per heavy atom. The van der Waals surface area contributed by atoms with Crippen molar-refractivity contribution in [1.82, 2.24) is 5.32 Å². The smallest absolute Gasteiger partial charge is 0.326 e. The number of carbonyl (C=O) groups is 2. The normalized spacial score (nSPS) is 13.4. The fraction of sp³-hybridized carbons (Fsp3) is 0.833. The average molecular weight is 320 g/mol. The predicted octanol–water partition coefficient (Wildman–Crippen LogP) is 0.455. The highest BCUT2D eigenvalue weighted by Crippen LogP contribution is 2.15. The maximum atomic E-state index is 12.1. The van der Waals surface area contributed by atoms with E-state index in [1.165, 1.54) is 0 Å². The molecule has 1 amide bonds. The fourth-order valence-corrected chi connectivity index (χ4v) is 2.37. The largest absolute Gasteiger partial charge is 0.480 e. The molecule has 0 rings (SSSR count). The Balaban J connectivity index is 4.49. The van der Waals surface area contributed by atoms with Gasteiger partial charge in [-0.1, -0.05) is 0 Å². The molecule has 0 aliphatic rings. The summed E-state index contributed by atoms with van der Waals surface area (Å²) in [6.45, 7) is 0.920. The van der Waals surface area contributed by atoms with Gasteiger partial charge in [0.05, 0.1) is 0 Å². The van der Waals surface area contributed by atoms with Gasteiger partial charge in [0.25, 0.3) is 0 Å². The Morgan fingerprint density at radius 2 is 1.81 bits per heavy atom. The summed E-state index contributed by atoms with van der Waals surface area (Å²) in [5.41, 5.74) is 10.8. The summed E-state index contributed by atoms with van der Waals surface area (Å²) >= 11 is 0.756. The SMILES string of the molecule is NCCCC[C@H](NC(=O)C(CCCN)CSN=O)C(=O)O. The van der Waals surface area contributed by atoms with Crippen LogP contribution in [0.1, 0.15) is 32.1 Å². The maximum Gasteiger partial charge on any atom is 0.326 e. The Bertz CT molecular complexity index is 330. The molecule has 21 heavy (non-hydrogen) atoms. The Morgan fingerprint density at radius 3 is 2.33 bits per heavy atom. The molecule has 0 saturated carbocycles. The van der Waals surface area contributed by atoms with Crippen LogP contribution in [0.3, 0.4) is 0 Å². The van der Waals surface area contributed by atoms with Gasteiger partial charge in [-0.3, -0.25) is 4.79 Å². The number of nitrogens with one attached hydrogen (secondary N) is 1. The van der Waals surface area contributed by atoms with Gasteiger partial charge in [0.15, 0.2) is 0 Å². The number of unbranched alkanes of at least 4 members (excludes halogenated alkanes) is 1. The summed E-state index contributed by atoms with van der Waals surface area (Å²) < 4.78 is 2.67. The van der Waals surface area contributed by atoms with Crippen LogP contribution in [0.15, 0.2) is 4.58 Å². The van der Waals surface area contributed by atoms with Crippen molar-refractivity contribution in [3.63, 3.8) is 0 Å². The van der Waals surface area contributed by atoms with Gasteiger partial charge >= 0.3 is 5.97 Å². The Kier molecular flexibility index (Phi) is 11.8. The molecular formula is C12H24N4O4S. The van der Waals surface area contributed by atoms with Gasteiger partial charge in [0.1, 0.15) is 6.04 Å². The van der Waals surface area contributed by atoms with Gasteiger partial charge in [-0.25, -0.2) is 4.79 Å². The molecule has 0 spiro atoms. The van der Waals surface area contributed by atoms with E-state index in [0.717, 1.165) is 11.9 Å². The van der Waals surface area contributed by atoms with Crippen LogP contribution in [0.2, 0.25) is 0 Å². The third kappa shape index (κ3) is 9.38. The van der Waals surface area contributed by atoms with Gasteiger partial charge in [-0.05, 0) is 45.2 Å². The summed E-state index contributed by atoms with van der Waals surface area (Å²) in [5.74, 6) is -1.68. The fourth-order valence-electron chi connectivity index (χ4n) is 1.81. The molecule has 0 aliphatic heterocycles. The first-order valence-electron chi connectivity index (χ1n) is 6.94. The second kappa shape index (κ2) is 12.5. The van der Waals surface area contributed by atoms with Gasteiger partial charge in [-0.15, -0.1) is 4.91 Å². The van der Waals surface area contributed by atoms with Crippen LogP contribution in [-0.2, 0) is 9.59 Å². The molecule has 0 aromatic rings. The van der Waals surface area contributed by atoms with E-state index in [1.54, 1.807) is 0 Å². The van der Waals surface area contributed by atoms with Gasteiger partial charge in [0.2, 0.25) is 5.91 Å². The molecular weight excluding hydrogens is 296 g/mol. The number of amides is 1. The molecule has 0 aromatic heterocycles. The zero-order valence-electron chi connectivity index (χ0n) is 12.0. The first-order chi connectivity index (χ1) is 10.1. The van der Waals surface area contributed by atoms with E-state index in [2.05, 4.69) is 9.90 Å². The van der Waals surface area contributed by atoms with Crippen LogP contribution in [0.25, 0.3) is 0 Å². The molecule has 0 heterocycles. The highest BCUT2D eigenvalue weighted by Gasteiger charge is 2.24. The van der Waals surface area contributed by atoms with Crippen LogP contribution in [0.4, 0.5) is 0 Å². The lowest BCUT2D eigenvalue weighted by molar-refractivity contribution is -0.142. The third-order valence-corrected chi connectivity index (χ3v) is 3.67. The summed E-state index contributed by atoms with van der Waals surface area (Å²) in [5, 5.41) is 11.6. The number of carboxylic acid groups (broad SMARTS) is 1. The standard InChI is InChI=1S/C12H24N4O4S/c13-6-2-1-5-10(12(18)19)15-11(17)9(4-3-7-14)8-21-16-20/h9-10H,1-8,13-14H2,(H,15,17)(H,18,19)/t9?,10-/m0/s1. The summed E-state index contributed by atoms with van der Waals surface area (Å²) in [6.07, 6.45) is 2.80. The molecule has 8 nitrogen and oxygen atoms in total. The van der Waals surface area contributed by atoms with Gasteiger partial charge in [0, 0.05) is 28.2 Å². The molecule has 9 heteroatoms. The predicted molar refractivity (Wildman–Crippen MR) is 82.5 cm³/mol. The van der Waals surface area contributed by atoms with Crippen LogP contribution in [0, 0.1) is 10.8 Å². The lowest BCUT2D eigenvalue weighted by atomic mass is 10.0. The number of hydrogen-bond donors (Lipinski definition) is 4. The second-order valence-electron chi connectivity index (χ2n) is 4.68. The van der Waals surface area contributed by atoms with Crippen molar-refractivity contribution in [1.29, 1.82) is 0 Å². The molecule has 6 N–H and O–H groups in total. The first kappa shape index (κ1) is 19.8. The van der Waals surface area contributed by atoms with E-state index in [4.69, 9.17) is 16.6 Å². The molecule has 0 aromatic carbocycles. The number of nitrogens with two attached hydrogens (primary N) is 2. The number of carboxylic acids is 1. The lowest BCUT2D eigenvalue weighted by Crippen LogP contribution is -2.44. The van der Waals surface area contributed by atoms with Crippen LogP contribution in [-0.4, -0.2) is 41.9 Å². The Labute approximate surface area is 128 Å². The molecule has 0 bridgehead atoms. The monoisotopic (exact) mass is 320 g/mol. The van der Waals surface area contributed by atoms with Crippen molar-refractivity contribution in [3.05, 3.63) is 4.91 Å². The van der Waals surface area contributed by atoms with Crippen LogP contribution in [0.5, 0.6) is 0 Å². The molecule has 0 aliphatic carbocycles. The van der Waals surface area contributed by atoms with Gasteiger partial charge < -0.3 is 21.9 Å². The zero-order chi connectivity index (χ0) is 16.1. The minimum absolute atomic E-state index is 0.227. The third-order valence-electron chi connectivity index (χ3n) is 3.02. The molecule has 0 saturated heterocycles. The number of rotatable bonds is 13. The lowest BCUT2D eigenvalue weighted by Gasteiger charge is -2.19. The number of carbonyl (C=O) groups excluding carboxylic acids is 1. The number of nitroso groups, excluding NO2 is 1. The van der Waals surface area contributed by atoms with E-state index in [0.29, 0.717) is 45.2 Å². The topological polar surface area (TPSA) is 148 Å². The molecule has 2 atom stereocenters. The second-order valence-corrected chi connectivity index (χ2v) is 5.42. The van der Waals surface area contributed by atoms with E-state index < -0.39 is 17.9 Å². The van der Waals surface area contributed by atoms with Crippen molar-refractivity contribution < 1.29 is 14.7 Å². The van der Waals surface area contributed by atoms with Crippen LogP contribution >= 0.6 is 11.9 Å². The van der Waals surface area contributed by atoms with Crippen molar-refractivity contribution in [2.24, 2.45) is 22.0 Å². The Hall–Kier alpha value is -1.19. The van der Waals surface area contributed by atoms with E-state index in [-0.39, 0.29) is 11.7 Å². The average Bonchev–Trinajstić information content (AvgIpc) is 2.46. The molecule has 122 valence electrons. The molecule has 0 fully saturated rings. The zero-order valence-corrected chi connectivity index (χ0v) is 12.8. The van der Waals surface area contributed by atoms with Crippen molar-refractivity contribution in [3.8, 4) is 0 Å². The van der Waals surface area contributed by atoms with Crippen molar-refractivity contribution in [2.45, 2.75) is 38.1 Å². The molecule has 1 unspecified atom stereocenters. The minimum atomic E-state index is -1.07. The highest BCUT2D eigenvalue weighted by atomic mass is 32.2. The minimum Gasteiger partial charge on any atom is -0.480 e. The summed E-state index contributed by atoms with van der Waals surface area (Å²) in [4.78, 5) is 33.4. The highest BCUT2D eigenvalue weighted by molar-refractivity contribution is 7.97. The van der Waals surface area contributed by atoms with Gasteiger partial charge in [-0.2, -0.15) is 0 Å². The van der Waals surface area contributed by atoms with Crippen molar-refractivity contribution >= 4 is 23.8 Å². The quantitative estimate of drug-likeness (QED) is 0.219. The van der Waals surface area contributed by atoms with E-state index in [9.17, 15) is 14.5 Å².